The maximum absolute atomic E-state index is 7.06. The number of rotatable bonds is 0. The highest BCUT2D eigenvalue weighted by atomic mass is 15.2. The zero-order valence-corrected chi connectivity index (χ0v) is 5.49. The second-order valence-electron chi connectivity index (χ2n) is 1.86. The van der Waals surface area contributed by atoms with Crippen LogP contribution >= 0.6 is 0 Å². The Morgan fingerprint density at radius 2 is 1.60 bits per heavy atom. The van der Waals surface area contributed by atoms with Crippen molar-refractivity contribution in [1.82, 2.24) is 4.90 Å². The van der Waals surface area contributed by atoms with Gasteiger partial charge in [-0.2, -0.15) is 0 Å². The molecule has 0 aromatic heterocycles. The van der Waals surface area contributed by atoms with Crippen molar-refractivity contribution in [2.45, 2.75) is 0 Å². The van der Waals surface area contributed by atoms with Gasteiger partial charge in [-0.05, 0) is 12.2 Å². The third-order valence-corrected chi connectivity index (χ3v) is 1.10. The monoisotopic (exact) mass is 135 g/mol. The summed E-state index contributed by atoms with van der Waals surface area (Å²) in [4.78, 5) is 1.53. The molecule has 1 heterocycles. The third kappa shape index (κ3) is 1.48. The van der Waals surface area contributed by atoms with Gasteiger partial charge < -0.3 is 5.73 Å². The summed E-state index contributed by atoms with van der Waals surface area (Å²) in [6.45, 7) is 0. The Labute approximate surface area is 59.6 Å². The van der Waals surface area contributed by atoms with Crippen LogP contribution in [-0.4, -0.2) is 10.9 Å². The van der Waals surface area contributed by atoms with Gasteiger partial charge in [0.2, 0.25) is 0 Å². The Morgan fingerprint density at radius 3 is 2.00 bits per heavy atom. The molecule has 52 valence electrons. The predicted molar refractivity (Wildman–Crippen MR) is 41.2 cm³/mol. The van der Waals surface area contributed by atoms with Gasteiger partial charge in [0, 0.05) is 12.4 Å². The van der Waals surface area contributed by atoms with E-state index in [1.807, 2.05) is 24.3 Å². The summed E-state index contributed by atoms with van der Waals surface area (Å²) in [6, 6.07) is 0. The van der Waals surface area contributed by atoms with Crippen LogP contribution < -0.4 is 5.73 Å². The van der Waals surface area contributed by atoms with Crippen LogP contribution in [0.2, 0.25) is 0 Å². The molecule has 0 amide bonds. The number of nitrogens with zero attached hydrogens (tertiary/aromatic N) is 1. The fourth-order valence-corrected chi connectivity index (χ4v) is 0.623. The second kappa shape index (κ2) is 2.87. The largest absolute Gasteiger partial charge is 0.369 e. The van der Waals surface area contributed by atoms with Crippen molar-refractivity contribution >= 4 is 5.96 Å². The molecule has 0 spiro atoms. The normalized spacial score (nSPS) is 15.4. The van der Waals surface area contributed by atoms with Gasteiger partial charge in [-0.15, -0.1) is 0 Å². The fraction of sp³-hybridized carbons (Fsp3) is 0. The first kappa shape index (κ1) is 6.61. The molecule has 1 aliphatic rings. The Bertz CT molecular complexity index is 197. The number of nitrogens with one attached hydrogen (secondary N) is 1. The smallest absolute Gasteiger partial charge is 0.196 e. The van der Waals surface area contributed by atoms with Crippen LogP contribution in [-0.2, 0) is 0 Å². The molecule has 0 unspecified atom stereocenters. The van der Waals surface area contributed by atoms with Gasteiger partial charge in [-0.3, -0.25) is 10.3 Å². The lowest BCUT2D eigenvalue weighted by atomic mass is 10.5. The van der Waals surface area contributed by atoms with E-state index in [4.69, 9.17) is 11.1 Å². The molecule has 0 bridgehead atoms. The Morgan fingerprint density at radius 1 is 1.10 bits per heavy atom. The lowest BCUT2D eigenvalue weighted by Gasteiger charge is -2.09. The molecule has 0 saturated heterocycles. The average Bonchev–Trinajstić information content (AvgIpc) is 2.12. The minimum Gasteiger partial charge on any atom is -0.369 e. The molecular formula is C7H9N3. The zero-order valence-electron chi connectivity index (χ0n) is 5.49. The van der Waals surface area contributed by atoms with E-state index in [1.54, 1.807) is 12.4 Å². The molecule has 1 rings (SSSR count). The third-order valence-electron chi connectivity index (χ3n) is 1.10. The van der Waals surface area contributed by atoms with E-state index in [-0.39, 0.29) is 5.96 Å². The average molecular weight is 135 g/mol. The molecule has 0 atom stereocenters. The Balaban J connectivity index is 2.72. The highest BCUT2D eigenvalue weighted by Gasteiger charge is 1.95. The number of nitrogens with two attached hydrogens (primary N) is 1. The van der Waals surface area contributed by atoms with Crippen molar-refractivity contribution in [3.05, 3.63) is 36.7 Å². The van der Waals surface area contributed by atoms with Crippen molar-refractivity contribution in [3.63, 3.8) is 0 Å². The summed E-state index contributed by atoms with van der Waals surface area (Å²) in [5, 5.41) is 7.06. The summed E-state index contributed by atoms with van der Waals surface area (Å²) in [6.07, 6.45) is 10.8. The van der Waals surface area contributed by atoms with E-state index >= 15 is 0 Å². The highest BCUT2D eigenvalue weighted by molar-refractivity contribution is 5.77. The van der Waals surface area contributed by atoms with Crippen LogP contribution in [0, 0.1) is 5.41 Å². The summed E-state index contributed by atoms with van der Waals surface area (Å²) < 4.78 is 0. The van der Waals surface area contributed by atoms with Crippen molar-refractivity contribution in [2.24, 2.45) is 5.73 Å². The fourth-order valence-electron chi connectivity index (χ4n) is 0.623. The maximum Gasteiger partial charge on any atom is 0.196 e. The van der Waals surface area contributed by atoms with Gasteiger partial charge in [0.05, 0.1) is 0 Å². The van der Waals surface area contributed by atoms with Crippen molar-refractivity contribution < 1.29 is 0 Å². The molecular weight excluding hydrogens is 126 g/mol. The summed E-state index contributed by atoms with van der Waals surface area (Å²) in [5.41, 5.74) is 5.22. The molecule has 3 heteroatoms. The molecule has 0 fully saturated rings. The topological polar surface area (TPSA) is 53.1 Å². The highest BCUT2D eigenvalue weighted by Crippen LogP contribution is 1.95. The second-order valence-corrected chi connectivity index (χ2v) is 1.86. The zero-order chi connectivity index (χ0) is 7.40. The van der Waals surface area contributed by atoms with Gasteiger partial charge in [-0.25, -0.2) is 0 Å². The van der Waals surface area contributed by atoms with Crippen LogP contribution in [0.3, 0.4) is 0 Å². The van der Waals surface area contributed by atoms with Gasteiger partial charge in [-0.1, -0.05) is 12.2 Å². The maximum atomic E-state index is 7.06. The SMILES string of the molecule is N=C(N)N1C=CC=CC=C1. The molecule has 0 aliphatic carbocycles. The number of hydrogen-bond acceptors (Lipinski definition) is 1. The summed E-state index contributed by atoms with van der Waals surface area (Å²) >= 11 is 0. The van der Waals surface area contributed by atoms with Gasteiger partial charge in [0.25, 0.3) is 0 Å². The molecule has 0 radical (unpaired) electrons. The Hall–Kier alpha value is -1.51. The number of hydrogen-bond donors (Lipinski definition) is 2. The van der Waals surface area contributed by atoms with E-state index < -0.39 is 0 Å². The van der Waals surface area contributed by atoms with Gasteiger partial charge in [0.1, 0.15) is 0 Å². The lowest BCUT2D eigenvalue weighted by Crippen LogP contribution is -2.26. The predicted octanol–water partition coefficient (Wildman–Crippen LogP) is 0.779. The minimum atomic E-state index is 0.0243. The van der Waals surface area contributed by atoms with E-state index in [2.05, 4.69) is 0 Å². The first-order chi connectivity index (χ1) is 4.80. The van der Waals surface area contributed by atoms with Gasteiger partial charge >= 0.3 is 0 Å². The van der Waals surface area contributed by atoms with Crippen LogP contribution in [0.25, 0.3) is 0 Å². The molecule has 1 aliphatic heterocycles. The summed E-state index contributed by atoms with van der Waals surface area (Å²) in [7, 11) is 0. The van der Waals surface area contributed by atoms with Crippen LogP contribution in [0.5, 0.6) is 0 Å². The quantitative estimate of drug-likeness (QED) is 0.381. The van der Waals surface area contributed by atoms with Crippen LogP contribution in [0.15, 0.2) is 36.7 Å². The molecule has 0 aromatic carbocycles. The minimum absolute atomic E-state index is 0.0243. The van der Waals surface area contributed by atoms with E-state index in [0.717, 1.165) is 0 Å². The standard InChI is InChI=1S/C7H9N3/c8-7(9)10-5-3-1-2-4-6-10/h1-6H,(H3,8,9). The van der Waals surface area contributed by atoms with E-state index in [9.17, 15) is 0 Å². The molecule has 0 aromatic rings. The molecule has 0 saturated carbocycles. The molecule has 3 nitrogen and oxygen atoms in total. The van der Waals surface area contributed by atoms with Gasteiger partial charge in [0.15, 0.2) is 5.96 Å². The van der Waals surface area contributed by atoms with E-state index in [0.29, 0.717) is 0 Å². The molecule has 3 N–H and O–H groups in total. The van der Waals surface area contributed by atoms with Crippen LogP contribution in [0.1, 0.15) is 0 Å². The van der Waals surface area contributed by atoms with Crippen molar-refractivity contribution in [1.29, 1.82) is 5.41 Å². The first-order valence-corrected chi connectivity index (χ1v) is 2.95. The van der Waals surface area contributed by atoms with Crippen LogP contribution in [0.4, 0.5) is 0 Å². The van der Waals surface area contributed by atoms with Crippen molar-refractivity contribution in [2.75, 3.05) is 0 Å². The molecule has 10 heavy (non-hydrogen) atoms. The van der Waals surface area contributed by atoms with E-state index in [1.165, 1.54) is 4.90 Å². The first-order valence-electron chi connectivity index (χ1n) is 2.95. The number of allylic oxidation sites excluding steroid dienone is 4. The van der Waals surface area contributed by atoms with Crippen molar-refractivity contribution in [3.8, 4) is 0 Å². The number of guanidine groups is 1. The Kier molecular flexibility index (Phi) is 1.89. The summed E-state index contributed by atoms with van der Waals surface area (Å²) in [5.74, 6) is 0.0243. The lowest BCUT2D eigenvalue weighted by molar-refractivity contribution is 0.741.